The number of hydrogen-bond donors (Lipinski definition) is 0. The van der Waals surface area contributed by atoms with Crippen LogP contribution in [0.5, 0.6) is 0 Å². The van der Waals surface area contributed by atoms with Crippen molar-refractivity contribution in [2.45, 2.75) is 18.3 Å². The summed E-state index contributed by atoms with van der Waals surface area (Å²) in [6.07, 6.45) is 3.14. The van der Waals surface area contributed by atoms with E-state index < -0.39 is 0 Å². The number of rotatable bonds is 2. The molecule has 0 atom stereocenters. The Bertz CT molecular complexity index is 298. The zero-order valence-corrected chi connectivity index (χ0v) is 8.74. The van der Waals surface area contributed by atoms with E-state index in [1.165, 1.54) is 9.13 Å². The fraction of sp³-hybridized carbons (Fsp3) is 0.300. The fourth-order valence-corrected chi connectivity index (χ4v) is 1.75. The van der Waals surface area contributed by atoms with E-state index in [2.05, 4.69) is 46.9 Å². The van der Waals surface area contributed by atoms with Crippen molar-refractivity contribution in [1.82, 2.24) is 0 Å². The molecule has 62 valence electrons. The maximum Gasteiger partial charge on any atom is 0.130 e. The highest BCUT2D eigenvalue weighted by Crippen LogP contribution is 2.46. The molecule has 1 aliphatic rings. The molecule has 2 rings (SSSR count). The average Bonchev–Trinajstić information content (AvgIpc) is 2.86. The zero-order chi connectivity index (χ0) is 8.60. The first-order chi connectivity index (χ1) is 5.77. The molecule has 1 aromatic rings. The van der Waals surface area contributed by atoms with Gasteiger partial charge in [-0.2, -0.15) is 0 Å². The van der Waals surface area contributed by atoms with Crippen molar-refractivity contribution < 1.29 is 4.79 Å². The first-order valence-electron chi connectivity index (χ1n) is 3.99. The number of carbonyl (C=O) groups is 1. The Kier molecular flexibility index (Phi) is 1.94. The van der Waals surface area contributed by atoms with Crippen LogP contribution in [0.1, 0.15) is 18.4 Å². The van der Waals surface area contributed by atoms with Crippen molar-refractivity contribution >= 4 is 28.9 Å². The molecule has 0 aliphatic heterocycles. The molecule has 1 fully saturated rings. The Morgan fingerprint density at radius 1 is 1.25 bits per heavy atom. The fourth-order valence-electron chi connectivity index (χ4n) is 1.39. The van der Waals surface area contributed by atoms with Gasteiger partial charge in [-0.1, -0.05) is 12.1 Å². The molecule has 0 unspecified atom stereocenters. The van der Waals surface area contributed by atoms with Gasteiger partial charge in [-0.15, -0.1) is 0 Å². The third-order valence-corrected chi connectivity index (χ3v) is 3.15. The van der Waals surface area contributed by atoms with Crippen LogP contribution < -0.4 is 0 Å². The molecule has 12 heavy (non-hydrogen) atoms. The summed E-state index contributed by atoms with van der Waals surface area (Å²) in [4.78, 5) is 10.8. The van der Waals surface area contributed by atoms with Crippen LogP contribution in [0, 0.1) is 3.57 Å². The van der Waals surface area contributed by atoms with Gasteiger partial charge in [0.1, 0.15) is 6.29 Å². The normalized spacial score (nSPS) is 18.8. The molecule has 1 nitrogen and oxygen atoms in total. The Morgan fingerprint density at radius 2 is 1.83 bits per heavy atom. The molecule has 2 heteroatoms. The highest BCUT2D eigenvalue weighted by atomic mass is 127. The van der Waals surface area contributed by atoms with Gasteiger partial charge in [-0.3, -0.25) is 0 Å². The zero-order valence-electron chi connectivity index (χ0n) is 6.59. The second-order valence-electron chi connectivity index (χ2n) is 3.28. The van der Waals surface area contributed by atoms with Crippen molar-refractivity contribution in [2.75, 3.05) is 0 Å². The van der Waals surface area contributed by atoms with E-state index in [0.717, 1.165) is 19.1 Å². The van der Waals surface area contributed by atoms with E-state index in [4.69, 9.17) is 0 Å². The van der Waals surface area contributed by atoms with Gasteiger partial charge in [-0.05, 0) is 53.1 Å². The van der Waals surface area contributed by atoms with Crippen LogP contribution in [0.15, 0.2) is 24.3 Å². The number of carbonyl (C=O) groups excluding carboxylic acids is 1. The molecule has 0 saturated heterocycles. The van der Waals surface area contributed by atoms with Crippen LogP contribution in [0.3, 0.4) is 0 Å². The highest BCUT2D eigenvalue weighted by molar-refractivity contribution is 14.1. The summed E-state index contributed by atoms with van der Waals surface area (Å²) in [6.45, 7) is 0. The number of benzene rings is 1. The predicted molar refractivity (Wildman–Crippen MR) is 56.1 cm³/mol. The molecule has 0 N–H and O–H groups in total. The van der Waals surface area contributed by atoms with Gasteiger partial charge < -0.3 is 4.79 Å². The third kappa shape index (κ3) is 1.28. The molecule has 0 amide bonds. The standard InChI is InChI=1S/C10H9IO/c11-9-3-1-8(2-4-9)10(7-12)5-6-10/h1-4,7H,5-6H2. The molecule has 0 spiro atoms. The lowest BCUT2D eigenvalue weighted by molar-refractivity contribution is -0.109. The topological polar surface area (TPSA) is 17.1 Å². The van der Waals surface area contributed by atoms with Crippen LogP contribution >= 0.6 is 22.6 Å². The monoisotopic (exact) mass is 272 g/mol. The van der Waals surface area contributed by atoms with Crippen molar-refractivity contribution in [1.29, 1.82) is 0 Å². The van der Waals surface area contributed by atoms with Crippen molar-refractivity contribution in [3.05, 3.63) is 33.4 Å². The van der Waals surface area contributed by atoms with Crippen LogP contribution in [0.25, 0.3) is 0 Å². The van der Waals surface area contributed by atoms with E-state index in [1.54, 1.807) is 0 Å². The van der Waals surface area contributed by atoms with Gasteiger partial charge in [0.25, 0.3) is 0 Å². The van der Waals surface area contributed by atoms with Gasteiger partial charge >= 0.3 is 0 Å². The molecular formula is C10H9IO. The van der Waals surface area contributed by atoms with Crippen LogP contribution in [-0.4, -0.2) is 6.29 Å². The lowest BCUT2D eigenvalue weighted by Crippen LogP contribution is -2.06. The number of hydrogen-bond acceptors (Lipinski definition) is 1. The number of aldehydes is 1. The maximum atomic E-state index is 10.8. The van der Waals surface area contributed by atoms with Gasteiger partial charge in [-0.25, -0.2) is 0 Å². The SMILES string of the molecule is O=CC1(c2ccc(I)cc2)CC1. The second-order valence-corrected chi connectivity index (χ2v) is 4.53. The van der Waals surface area contributed by atoms with Crippen LogP contribution in [0.4, 0.5) is 0 Å². The third-order valence-electron chi connectivity index (χ3n) is 2.43. The van der Waals surface area contributed by atoms with Gasteiger partial charge in [0.15, 0.2) is 0 Å². The predicted octanol–water partition coefficient (Wildman–Crippen LogP) is 2.52. The minimum absolute atomic E-state index is 0.107. The molecule has 1 aliphatic carbocycles. The summed E-state index contributed by atoms with van der Waals surface area (Å²) in [5.74, 6) is 0. The Hall–Kier alpha value is -0.380. The Labute approximate surface area is 85.3 Å². The highest BCUT2D eigenvalue weighted by Gasteiger charge is 2.43. The summed E-state index contributed by atoms with van der Waals surface area (Å²) >= 11 is 2.27. The Morgan fingerprint density at radius 3 is 2.25 bits per heavy atom. The molecule has 1 aromatic carbocycles. The smallest absolute Gasteiger partial charge is 0.130 e. The minimum Gasteiger partial charge on any atom is -0.302 e. The molecule has 0 heterocycles. The van der Waals surface area contributed by atoms with E-state index in [9.17, 15) is 4.79 Å². The first-order valence-corrected chi connectivity index (χ1v) is 5.07. The van der Waals surface area contributed by atoms with E-state index in [1.807, 2.05) is 0 Å². The number of halogens is 1. The lowest BCUT2D eigenvalue weighted by atomic mass is 9.98. The lowest BCUT2D eigenvalue weighted by Gasteiger charge is -2.06. The molecular weight excluding hydrogens is 263 g/mol. The summed E-state index contributed by atoms with van der Waals surface area (Å²) in [5.41, 5.74) is 1.07. The van der Waals surface area contributed by atoms with Gasteiger partial charge in [0.2, 0.25) is 0 Å². The first kappa shape index (κ1) is 8.23. The van der Waals surface area contributed by atoms with E-state index in [-0.39, 0.29) is 5.41 Å². The average molecular weight is 272 g/mol. The van der Waals surface area contributed by atoms with Crippen LogP contribution in [-0.2, 0) is 10.2 Å². The van der Waals surface area contributed by atoms with E-state index >= 15 is 0 Å². The van der Waals surface area contributed by atoms with Gasteiger partial charge in [0, 0.05) is 3.57 Å². The molecule has 1 saturated carbocycles. The summed E-state index contributed by atoms with van der Waals surface area (Å²) in [7, 11) is 0. The Balaban J connectivity index is 2.35. The van der Waals surface area contributed by atoms with E-state index in [0.29, 0.717) is 0 Å². The summed E-state index contributed by atoms with van der Waals surface area (Å²) < 4.78 is 1.22. The van der Waals surface area contributed by atoms with Crippen LogP contribution in [0.2, 0.25) is 0 Å². The quantitative estimate of drug-likeness (QED) is 0.597. The molecule has 0 radical (unpaired) electrons. The second kappa shape index (κ2) is 2.83. The summed E-state index contributed by atoms with van der Waals surface area (Å²) in [5, 5.41) is 0. The molecule has 0 bridgehead atoms. The maximum absolute atomic E-state index is 10.8. The van der Waals surface area contributed by atoms with Crippen molar-refractivity contribution in [3.8, 4) is 0 Å². The van der Waals surface area contributed by atoms with Crippen molar-refractivity contribution in [2.24, 2.45) is 0 Å². The minimum atomic E-state index is -0.107. The van der Waals surface area contributed by atoms with Gasteiger partial charge in [0.05, 0.1) is 5.41 Å². The summed E-state index contributed by atoms with van der Waals surface area (Å²) in [6, 6.07) is 8.23. The molecule has 0 aromatic heterocycles. The van der Waals surface area contributed by atoms with Crippen molar-refractivity contribution in [3.63, 3.8) is 0 Å². The largest absolute Gasteiger partial charge is 0.302 e.